The van der Waals surface area contributed by atoms with Gasteiger partial charge in [-0.2, -0.15) is 13.2 Å². The van der Waals surface area contributed by atoms with Crippen LogP contribution in [-0.4, -0.2) is 56.8 Å². The van der Waals surface area contributed by atoms with Crippen molar-refractivity contribution in [1.82, 2.24) is 25.6 Å². The minimum absolute atomic E-state index is 0.00636. The van der Waals surface area contributed by atoms with E-state index in [0.29, 0.717) is 31.4 Å². The molecule has 2 aromatic carbocycles. The molecule has 3 N–H and O–H groups in total. The van der Waals surface area contributed by atoms with Crippen molar-refractivity contribution in [1.29, 1.82) is 0 Å². The molecular formula is C25H25F4N5O4. The Hall–Kier alpha value is -4.00. The highest BCUT2D eigenvalue weighted by Crippen LogP contribution is 2.21. The van der Waals surface area contributed by atoms with E-state index in [1.165, 1.54) is 47.1 Å². The summed E-state index contributed by atoms with van der Waals surface area (Å²) in [7, 11) is 0. The molecule has 9 nitrogen and oxygen atoms in total. The van der Waals surface area contributed by atoms with Gasteiger partial charge in [0.25, 0.3) is 11.8 Å². The summed E-state index contributed by atoms with van der Waals surface area (Å²) in [4.78, 5) is 25.1. The number of aliphatic hydroxyl groups is 1. The van der Waals surface area contributed by atoms with Crippen LogP contribution in [0.5, 0.6) is 5.75 Å². The van der Waals surface area contributed by atoms with Crippen molar-refractivity contribution >= 4 is 11.8 Å². The number of aliphatic hydroxyl groups excluding tert-OH is 1. The summed E-state index contributed by atoms with van der Waals surface area (Å²) in [5.74, 6) is -1.70. The van der Waals surface area contributed by atoms with E-state index in [0.717, 1.165) is 0 Å². The zero-order valence-electron chi connectivity index (χ0n) is 20.0. The number of carbonyl (C=O) groups is 2. The normalized spacial score (nSPS) is 17.6. The SMILES string of the molecule is O=C(NCC(F)(F)F)c1ccc(-n2nnc(C(=O)N[C@H]3CC[C@H](O)CC3)c2COc2cccc(F)c2)cc1. The molecule has 1 fully saturated rings. The first kappa shape index (κ1) is 27.0. The lowest BCUT2D eigenvalue weighted by molar-refractivity contribution is -0.123. The van der Waals surface area contributed by atoms with Crippen molar-refractivity contribution in [3.8, 4) is 11.4 Å². The van der Waals surface area contributed by atoms with E-state index < -0.39 is 36.5 Å². The first-order valence-electron chi connectivity index (χ1n) is 11.9. The molecule has 4 rings (SSSR count). The van der Waals surface area contributed by atoms with Gasteiger partial charge in [0, 0.05) is 17.7 Å². The molecule has 0 radical (unpaired) electrons. The maximum Gasteiger partial charge on any atom is 0.405 e. The Bertz CT molecular complexity index is 1270. The molecule has 1 aliphatic carbocycles. The van der Waals surface area contributed by atoms with Crippen molar-refractivity contribution in [2.45, 2.75) is 50.6 Å². The van der Waals surface area contributed by atoms with E-state index in [-0.39, 0.29) is 35.3 Å². The van der Waals surface area contributed by atoms with Gasteiger partial charge in [-0.25, -0.2) is 9.07 Å². The lowest BCUT2D eigenvalue weighted by Gasteiger charge is -2.25. The average molecular weight is 535 g/mol. The number of nitrogens with zero attached hydrogens (tertiary/aromatic N) is 3. The van der Waals surface area contributed by atoms with Crippen LogP contribution >= 0.6 is 0 Å². The molecule has 0 aliphatic heterocycles. The first-order valence-corrected chi connectivity index (χ1v) is 11.9. The number of carbonyl (C=O) groups excluding carboxylic acids is 2. The van der Waals surface area contributed by atoms with Gasteiger partial charge in [-0.1, -0.05) is 11.3 Å². The first-order chi connectivity index (χ1) is 18.1. The molecule has 1 aromatic heterocycles. The number of nitrogens with one attached hydrogen (secondary N) is 2. The van der Waals surface area contributed by atoms with Crippen LogP contribution in [0.4, 0.5) is 17.6 Å². The predicted molar refractivity (Wildman–Crippen MR) is 126 cm³/mol. The number of benzene rings is 2. The second-order valence-corrected chi connectivity index (χ2v) is 8.87. The van der Waals surface area contributed by atoms with Gasteiger partial charge in [-0.05, 0) is 62.1 Å². The highest BCUT2D eigenvalue weighted by molar-refractivity contribution is 5.94. The molecule has 202 valence electrons. The molecular weight excluding hydrogens is 510 g/mol. The van der Waals surface area contributed by atoms with E-state index >= 15 is 0 Å². The number of alkyl halides is 3. The van der Waals surface area contributed by atoms with Crippen LogP contribution in [0.15, 0.2) is 48.5 Å². The molecule has 3 aromatic rings. The fraction of sp³-hybridized carbons (Fsp3) is 0.360. The third-order valence-corrected chi connectivity index (χ3v) is 6.01. The third kappa shape index (κ3) is 7.06. The number of aromatic nitrogens is 3. The van der Waals surface area contributed by atoms with Crippen LogP contribution in [0.25, 0.3) is 5.69 Å². The molecule has 2 amide bonds. The molecule has 0 saturated heterocycles. The second kappa shape index (κ2) is 11.6. The van der Waals surface area contributed by atoms with Gasteiger partial charge in [-0.3, -0.25) is 9.59 Å². The van der Waals surface area contributed by atoms with Gasteiger partial charge >= 0.3 is 6.18 Å². The monoisotopic (exact) mass is 535 g/mol. The summed E-state index contributed by atoms with van der Waals surface area (Å²) < 4.78 is 57.8. The van der Waals surface area contributed by atoms with Crippen LogP contribution in [-0.2, 0) is 6.61 Å². The molecule has 1 saturated carbocycles. The summed E-state index contributed by atoms with van der Waals surface area (Å²) in [6, 6.07) is 10.8. The zero-order chi connectivity index (χ0) is 27.3. The number of ether oxygens (including phenoxy) is 1. The van der Waals surface area contributed by atoms with Crippen molar-refractivity contribution in [2.24, 2.45) is 0 Å². The third-order valence-electron chi connectivity index (χ3n) is 6.01. The molecule has 0 unspecified atom stereocenters. The summed E-state index contributed by atoms with van der Waals surface area (Å²) in [6.45, 7) is -1.67. The fourth-order valence-electron chi connectivity index (χ4n) is 4.03. The molecule has 1 heterocycles. The maximum absolute atomic E-state index is 13.6. The lowest BCUT2D eigenvalue weighted by atomic mass is 9.93. The summed E-state index contributed by atoms with van der Waals surface area (Å²) in [6.07, 6.45) is -2.59. The van der Waals surface area contributed by atoms with Crippen LogP contribution in [0.2, 0.25) is 0 Å². The van der Waals surface area contributed by atoms with Crippen LogP contribution < -0.4 is 15.4 Å². The lowest BCUT2D eigenvalue weighted by Crippen LogP contribution is -2.39. The smallest absolute Gasteiger partial charge is 0.405 e. The van der Waals surface area contributed by atoms with Gasteiger partial charge in [-0.15, -0.1) is 5.10 Å². The summed E-state index contributed by atoms with van der Waals surface area (Å²) in [5.41, 5.74) is 0.562. The predicted octanol–water partition coefficient (Wildman–Crippen LogP) is 3.31. The van der Waals surface area contributed by atoms with Crippen molar-refractivity contribution in [3.63, 3.8) is 0 Å². The van der Waals surface area contributed by atoms with E-state index in [4.69, 9.17) is 4.74 Å². The standard InChI is InChI=1S/C25H25F4N5O4/c26-16-2-1-3-20(12-16)38-13-21-22(24(37)31-17-6-10-19(35)11-7-17)32-33-34(21)18-8-4-15(5-9-18)23(36)30-14-25(27,28)29/h1-5,8-9,12,17,19,35H,6-7,10-11,13-14H2,(H,30,36)(H,31,37)/t17-,19-. The summed E-state index contributed by atoms with van der Waals surface area (Å²) in [5, 5.41) is 22.5. The zero-order valence-corrected chi connectivity index (χ0v) is 20.0. The molecule has 0 bridgehead atoms. The Morgan fingerprint density at radius 3 is 2.42 bits per heavy atom. The minimum Gasteiger partial charge on any atom is -0.487 e. The largest absolute Gasteiger partial charge is 0.487 e. The van der Waals surface area contributed by atoms with Crippen LogP contribution in [0.1, 0.15) is 52.2 Å². The average Bonchev–Trinajstić information content (AvgIpc) is 3.31. The number of rotatable bonds is 8. The van der Waals surface area contributed by atoms with Gasteiger partial charge in [0.15, 0.2) is 5.69 Å². The number of halogens is 4. The quantitative estimate of drug-likeness (QED) is 0.381. The Morgan fingerprint density at radius 1 is 1.05 bits per heavy atom. The number of amides is 2. The van der Waals surface area contributed by atoms with E-state index in [2.05, 4.69) is 15.6 Å². The van der Waals surface area contributed by atoms with E-state index in [1.54, 1.807) is 11.4 Å². The van der Waals surface area contributed by atoms with Crippen molar-refractivity contribution in [3.05, 3.63) is 71.3 Å². The molecule has 0 atom stereocenters. The highest BCUT2D eigenvalue weighted by Gasteiger charge is 2.28. The molecule has 0 spiro atoms. The van der Waals surface area contributed by atoms with Crippen LogP contribution in [0, 0.1) is 5.82 Å². The Morgan fingerprint density at radius 2 is 1.76 bits per heavy atom. The van der Waals surface area contributed by atoms with E-state index in [1.807, 2.05) is 0 Å². The Kier molecular flexibility index (Phi) is 8.25. The van der Waals surface area contributed by atoms with Gasteiger partial charge in [0.1, 0.15) is 30.4 Å². The minimum atomic E-state index is -4.54. The van der Waals surface area contributed by atoms with Gasteiger partial charge in [0.2, 0.25) is 0 Å². The van der Waals surface area contributed by atoms with Crippen molar-refractivity contribution in [2.75, 3.05) is 6.54 Å². The van der Waals surface area contributed by atoms with Gasteiger partial charge in [0.05, 0.1) is 11.8 Å². The molecule has 13 heteroatoms. The number of hydrogen-bond donors (Lipinski definition) is 3. The molecule has 38 heavy (non-hydrogen) atoms. The van der Waals surface area contributed by atoms with Crippen molar-refractivity contribution < 1.29 is 37.0 Å². The topological polar surface area (TPSA) is 118 Å². The maximum atomic E-state index is 13.6. The Balaban J connectivity index is 1.56. The Labute approximate surface area is 214 Å². The van der Waals surface area contributed by atoms with E-state index in [9.17, 15) is 32.3 Å². The van der Waals surface area contributed by atoms with Gasteiger partial charge < -0.3 is 20.5 Å². The molecule has 1 aliphatic rings. The summed E-state index contributed by atoms with van der Waals surface area (Å²) >= 11 is 0. The number of hydrogen-bond acceptors (Lipinski definition) is 6. The van der Waals surface area contributed by atoms with Crippen LogP contribution in [0.3, 0.4) is 0 Å². The highest BCUT2D eigenvalue weighted by atomic mass is 19.4. The second-order valence-electron chi connectivity index (χ2n) is 8.87. The fourth-order valence-corrected chi connectivity index (χ4v) is 4.03.